The maximum atomic E-state index is 5.93. The van der Waals surface area contributed by atoms with E-state index in [4.69, 9.17) is 13.3 Å². The first-order chi connectivity index (χ1) is 14.2. The van der Waals surface area contributed by atoms with E-state index in [1.165, 1.54) is 27.1 Å². The number of benzene rings is 3. The maximum absolute atomic E-state index is 5.93. The van der Waals surface area contributed by atoms with Gasteiger partial charge in [0.1, 0.15) is 0 Å². The molecule has 0 saturated heterocycles. The zero-order valence-electron chi connectivity index (χ0n) is 17.9. The van der Waals surface area contributed by atoms with Crippen molar-refractivity contribution in [3.05, 3.63) is 60.2 Å². The summed E-state index contributed by atoms with van der Waals surface area (Å²) < 4.78 is 17.8. The van der Waals surface area contributed by atoms with E-state index >= 15 is 0 Å². The Morgan fingerprint density at radius 3 is 2.07 bits per heavy atom. The number of fused-ring (bicyclic) bond motifs is 3. The van der Waals surface area contributed by atoms with E-state index in [1.807, 2.05) is 20.8 Å². The highest BCUT2D eigenvalue weighted by atomic mass is 28.4. The molecule has 0 saturated carbocycles. The molecule has 3 rings (SSSR count). The molecule has 0 aromatic heterocycles. The highest BCUT2D eigenvalue weighted by Gasteiger charge is 2.39. The molecule has 29 heavy (non-hydrogen) atoms. The molecule has 0 heterocycles. The lowest BCUT2D eigenvalue weighted by Crippen LogP contribution is -2.46. The predicted octanol–water partition coefficient (Wildman–Crippen LogP) is 5.52. The fourth-order valence-electron chi connectivity index (χ4n) is 3.82. The van der Waals surface area contributed by atoms with Gasteiger partial charge >= 0.3 is 8.80 Å². The van der Waals surface area contributed by atoms with Crippen LogP contribution in [0.3, 0.4) is 0 Å². The van der Waals surface area contributed by atoms with Crippen LogP contribution in [0.15, 0.2) is 54.6 Å². The number of hydrogen-bond acceptors (Lipinski definition) is 4. The molecule has 0 amide bonds. The largest absolute Gasteiger partial charge is 0.500 e. The van der Waals surface area contributed by atoms with E-state index in [1.54, 1.807) is 0 Å². The summed E-state index contributed by atoms with van der Waals surface area (Å²) in [7, 11) is -2.53. The SMILES string of the molecule is CCO[Si](CCCNCc1ccc2ccc3ccccc3c2c1)(OCC)OCC. The molecule has 3 aromatic carbocycles. The molecule has 156 valence electrons. The van der Waals surface area contributed by atoms with Gasteiger partial charge in [-0.1, -0.05) is 48.5 Å². The molecule has 0 aliphatic rings. The summed E-state index contributed by atoms with van der Waals surface area (Å²) in [4.78, 5) is 0. The Labute approximate surface area is 175 Å². The molecule has 5 heteroatoms. The van der Waals surface area contributed by atoms with Crippen LogP contribution in [0, 0.1) is 0 Å². The standard InChI is InChI=1S/C24H33NO3Si/c1-4-26-29(27-5-2,28-6-3)17-9-16-25-19-20-12-13-22-15-14-21-10-7-8-11-23(21)24(22)18-20/h7-8,10-15,18,25H,4-6,9,16-17,19H2,1-3H3. The van der Waals surface area contributed by atoms with Gasteiger partial charge in [0.2, 0.25) is 0 Å². The third-order valence-electron chi connectivity index (χ3n) is 5.07. The highest BCUT2D eigenvalue weighted by Crippen LogP contribution is 2.26. The summed E-state index contributed by atoms with van der Waals surface area (Å²) in [5.74, 6) is 0. The lowest BCUT2D eigenvalue weighted by Gasteiger charge is -2.28. The van der Waals surface area contributed by atoms with Crippen molar-refractivity contribution in [3.63, 3.8) is 0 Å². The molecule has 3 aromatic rings. The Kier molecular flexibility index (Phi) is 8.21. The number of hydrogen-bond donors (Lipinski definition) is 1. The molecule has 0 aliphatic heterocycles. The van der Waals surface area contributed by atoms with Crippen molar-refractivity contribution < 1.29 is 13.3 Å². The number of nitrogens with one attached hydrogen (secondary N) is 1. The summed E-state index contributed by atoms with van der Waals surface area (Å²) in [5, 5.41) is 8.77. The maximum Gasteiger partial charge on any atom is 0.500 e. The first kappa shape index (κ1) is 21.9. The molecular weight excluding hydrogens is 378 g/mol. The van der Waals surface area contributed by atoms with Crippen LogP contribution < -0.4 is 5.32 Å². The van der Waals surface area contributed by atoms with Gasteiger partial charge in [0.25, 0.3) is 0 Å². The van der Waals surface area contributed by atoms with Crippen molar-refractivity contribution in [3.8, 4) is 0 Å². The second-order valence-corrected chi connectivity index (χ2v) is 9.84. The Morgan fingerprint density at radius 2 is 1.38 bits per heavy atom. The highest BCUT2D eigenvalue weighted by molar-refractivity contribution is 6.60. The normalized spacial score (nSPS) is 12.1. The van der Waals surface area contributed by atoms with Crippen molar-refractivity contribution in [2.24, 2.45) is 0 Å². The van der Waals surface area contributed by atoms with Gasteiger partial charge in [-0.05, 0) is 66.9 Å². The van der Waals surface area contributed by atoms with Gasteiger partial charge < -0.3 is 18.6 Å². The van der Waals surface area contributed by atoms with Crippen LogP contribution in [0.25, 0.3) is 21.5 Å². The van der Waals surface area contributed by atoms with Crippen LogP contribution in [0.1, 0.15) is 32.8 Å². The van der Waals surface area contributed by atoms with Crippen LogP contribution in [0.4, 0.5) is 0 Å². The molecule has 4 nitrogen and oxygen atoms in total. The van der Waals surface area contributed by atoms with Gasteiger partial charge in [0.15, 0.2) is 0 Å². The summed E-state index contributed by atoms with van der Waals surface area (Å²) in [6.45, 7) is 9.66. The molecular formula is C24H33NO3Si. The Bertz CT molecular complexity index is 898. The van der Waals surface area contributed by atoms with E-state index < -0.39 is 8.80 Å². The Balaban J connectivity index is 1.58. The summed E-state index contributed by atoms with van der Waals surface area (Å²) in [6, 6.07) is 20.6. The van der Waals surface area contributed by atoms with E-state index in [0.29, 0.717) is 19.8 Å². The summed E-state index contributed by atoms with van der Waals surface area (Å²) in [6.07, 6.45) is 0.975. The minimum absolute atomic E-state index is 0.630. The Morgan fingerprint density at radius 1 is 0.759 bits per heavy atom. The third kappa shape index (κ3) is 5.65. The molecule has 0 unspecified atom stereocenters. The minimum atomic E-state index is -2.53. The van der Waals surface area contributed by atoms with Gasteiger partial charge in [-0.3, -0.25) is 0 Å². The second kappa shape index (κ2) is 10.9. The fraction of sp³-hybridized carbons (Fsp3) is 0.417. The number of rotatable bonds is 12. The van der Waals surface area contributed by atoms with Gasteiger partial charge in [-0.15, -0.1) is 0 Å². The van der Waals surface area contributed by atoms with Crippen molar-refractivity contribution in [2.75, 3.05) is 26.4 Å². The summed E-state index contributed by atoms with van der Waals surface area (Å²) in [5.41, 5.74) is 1.30. The third-order valence-corrected chi connectivity index (χ3v) is 8.22. The molecule has 0 atom stereocenters. The van der Waals surface area contributed by atoms with Crippen molar-refractivity contribution in [2.45, 2.75) is 39.8 Å². The minimum Gasteiger partial charge on any atom is -0.374 e. The zero-order valence-corrected chi connectivity index (χ0v) is 18.9. The lowest BCUT2D eigenvalue weighted by atomic mass is 10.00. The van der Waals surface area contributed by atoms with E-state index in [2.05, 4.69) is 59.9 Å². The smallest absolute Gasteiger partial charge is 0.374 e. The summed E-state index contributed by atoms with van der Waals surface area (Å²) >= 11 is 0. The van der Waals surface area contributed by atoms with Crippen LogP contribution >= 0.6 is 0 Å². The van der Waals surface area contributed by atoms with Crippen molar-refractivity contribution >= 4 is 30.3 Å². The second-order valence-electron chi connectivity index (χ2n) is 7.10. The first-order valence-corrected chi connectivity index (χ1v) is 12.7. The van der Waals surface area contributed by atoms with Gasteiger partial charge in [-0.2, -0.15) is 0 Å². The topological polar surface area (TPSA) is 39.7 Å². The molecule has 0 aliphatic carbocycles. The monoisotopic (exact) mass is 411 g/mol. The predicted molar refractivity (Wildman–Crippen MR) is 123 cm³/mol. The van der Waals surface area contributed by atoms with E-state index in [0.717, 1.165) is 25.6 Å². The average Bonchev–Trinajstić information content (AvgIpc) is 2.74. The molecule has 0 radical (unpaired) electrons. The van der Waals surface area contributed by atoms with Crippen molar-refractivity contribution in [1.29, 1.82) is 0 Å². The quantitative estimate of drug-likeness (QED) is 0.242. The lowest BCUT2D eigenvalue weighted by molar-refractivity contribution is 0.0708. The van der Waals surface area contributed by atoms with Gasteiger partial charge in [0, 0.05) is 32.4 Å². The molecule has 1 N–H and O–H groups in total. The van der Waals surface area contributed by atoms with Crippen LogP contribution in [-0.4, -0.2) is 35.2 Å². The van der Waals surface area contributed by atoms with Gasteiger partial charge in [-0.25, -0.2) is 0 Å². The van der Waals surface area contributed by atoms with Gasteiger partial charge in [0.05, 0.1) is 0 Å². The van der Waals surface area contributed by atoms with E-state index in [-0.39, 0.29) is 0 Å². The molecule has 0 bridgehead atoms. The van der Waals surface area contributed by atoms with E-state index in [9.17, 15) is 0 Å². The molecule has 0 fully saturated rings. The molecule has 0 spiro atoms. The van der Waals surface area contributed by atoms with Crippen LogP contribution in [-0.2, 0) is 19.8 Å². The van der Waals surface area contributed by atoms with Crippen LogP contribution in [0.2, 0.25) is 6.04 Å². The van der Waals surface area contributed by atoms with Crippen molar-refractivity contribution in [1.82, 2.24) is 5.32 Å². The first-order valence-electron chi connectivity index (χ1n) is 10.7. The zero-order chi connectivity index (χ0) is 20.5. The fourth-order valence-corrected chi connectivity index (χ4v) is 6.44. The van der Waals surface area contributed by atoms with Crippen LogP contribution in [0.5, 0.6) is 0 Å². The average molecular weight is 412 g/mol. The Hall–Kier alpha value is -1.76.